The van der Waals surface area contributed by atoms with E-state index in [2.05, 4.69) is 66.3 Å². The molecule has 0 radical (unpaired) electrons. The molecule has 8 bridgehead atoms. The van der Waals surface area contributed by atoms with E-state index in [4.69, 9.17) is 37.9 Å². The van der Waals surface area contributed by atoms with Crippen molar-refractivity contribution in [2.75, 3.05) is 100 Å². The second kappa shape index (κ2) is 45.1. The third kappa shape index (κ3) is 26.3. The fraction of sp³-hybridized carbons (Fsp3) is 0.470. The molecule has 42 heteroatoms. The number of aliphatic hydroxyl groups is 2. The van der Waals surface area contributed by atoms with Crippen LogP contribution in [0.3, 0.4) is 0 Å². The van der Waals surface area contributed by atoms with E-state index in [9.17, 15) is 97.1 Å². The molecule has 0 aliphatic carbocycles. The number of methoxy groups -OCH3 is 2. The van der Waals surface area contributed by atoms with Crippen LogP contribution in [0.4, 0.5) is 32.3 Å². The summed E-state index contributed by atoms with van der Waals surface area (Å²) in [5.41, 5.74) is 2.55. The van der Waals surface area contributed by atoms with Crippen molar-refractivity contribution in [1.29, 1.82) is 0 Å². The van der Waals surface area contributed by atoms with Crippen LogP contribution in [0, 0.1) is 0 Å². The van der Waals surface area contributed by atoms with Gasteiger partial charge in [0.15, 0.2) is 35.5 Å². The molecule has 4 aromatic rings. The van der Waals surface area contributed by atoms with Crippen LogP contribution in [0.2, 0.25) is 0 Å². The largest absolute Gasteiger partial charge is 0.493 e. The van der Waals surface area contributed by atoms with Crippen LogP contribution in [0.25, 0.3) is 0 Å². The quantitative estimate of drug-likeness (QED) is 0.1000. The van der Waals surface area contributed by atoms with E-state index < -0.39 is 181 Å². The Morgan fingerprint density at radius 3 is 1.19 bits per heavy atom. The summed E-state index contributed by atoms with van der Waals surface area (Å²) >= 11 is 0. The summed E-state index contributed by atoms with van der Waals surface area (Å²) in [4.78, 5) is 218. The molecule has 6 unspecified atom stereocenters. The number of aliphatic hydroxyl groups excluding tert-OH is 2. The summed E-state index contributed by atoms with van der Waals surface area (Å²) in [7, 11) is 2.74. The number of carbonyl (C=O) groups is 16. The van der Waals surface area contributed by atoms with Crippen LogP contribution >= 0.6 is 0 Å². The highest BCUT2D eigenvalue weighted by molar-refractivity contribution is 6.08. The first kappa shape index (κ1) is 95.4. The number of hydrogen-bond donors (Lipinski definition) is 14. The normalized spacial score (nSPS) is 23.6. The van der Waals surface area contributed by atoms with Crippen LogP contribution in [0.5, 0.6) is 23.0 Å². The molecule has 0 aromatic heterocycles. The van der Waals surface area contributed by atoms with E-state index in [0.29, 0.717) is 41.5 Å². The zero-order valence-corrected chi connectivity index (χ0v) is 69.8. The van der Waals surface area contributed by atoms with Gasteiger partial charge in [0, 0.05) is 75.4 Å². The van der Waals surface area contributed by atoms with Gasteiger partial charge in [-0.1, -0.05) is 48.6 Å². The molecule has 14 amide bonds. The maximum atomic E-state index is 14.4. The fourth-order valence-electron chi connectivity index (χ4n) is 13.8. The molecule has 14 N–H and O–H groups in total. The van der Waals surface area contributed by atoms with Crippen LogP contribution in [0.15, 0.2) is 97.1 Å². The van der Waals surface area contributed by atoms with Crippen LogP contribution in [-0.4, -0.2) is 266 Å². The molecule has 0 spiro atoms. The van der Waals surface area contributed by atoms with Crippen molar-refractivity contribution >= 4 is 118 Å². The maximum absolute atomic E-state index is 14.4. The highest BCUT2D eigenvalue weighted by Crippen LogP contribution is 2.44. The number of fused-ring (bicyclic) bond motifs is 4. The lowest BCUT2D eigenvalue weighted by Gasteiger charge is -2.31. The summed E-state index contributed by atoms with van der Waals surface area (Å²) < 4.78 is 46.6. The molecular weight excluding hydrogens is 1640 g/mol. The van der Waals surface area contributed by atoms with Gasteiger partial charge in [-0.2, -0.15) is 0 Å². The molecule has 10 atom stereocenters. The number of ether oxygens (including phenoxy) is 8. The Labute approximate surface area is 717 Å². The lowest BCUT2D eigenvalue weighted by atomic mass is 10.0. The first-order valence-electron chi connectivity index (χ1n) is 40.3. The minimum atomic E-state index is -1.98. The molecule has 7 heterocycles. The minimum Gasteiger partial charge on any atom is -0.493 e. The van der Waals surface area contributed by atoms with Crippen molar-refractivity contribution < 1.29 is 135 Å². The molecule has 11 rings (SSSR count). The zero-order valence-electron chi connectivity index (χ0n) is 69.8. The van der Waals surface area contributed by atoms with Gasteiger partial charge in [0.2, 0.25) is 59.1 Å². The summed E-state index contributed by atoms with van der Waals surface area (Å²) in [6, 6.07) is 7.35. The lowest BCUT2D eigenvalue weighted by molar-refractivity contribution is -0.140. The third-order valence-electron chi connectivity index (χ3n) is 20.5. The van der Waals surface area contributed by atoms with Crippen molar-refractivity contribution in [2.45, 2.75) is 172 Å². The van der Waals surface area contributed by atoms with E-state index in [0.717, 1.165) is 9.80 Å². The lowest BCUT2D eigenvalue weighted by Crippen LogP contribution is -2.64. The van der Waals surface area contributed by atoms with Crippen molar-refractivity contribution in [3.63, 3.8) is 0 Å². The average molecular weight is 1750 g/mol. The van der Waals surface area contributed by atoms with Crippen molar-refractivity contribution in [1.82, 2.24) is 52.3 Å². The Bertz CT molecular complexity index is 4430. The molecule has 2 saturated heterocycles. The van der Waals surface area contributed by atoms with E-state index >= 15 is 0 Å². The van der Waals surface area contributed by atoms with Crippen molar-refractivity contribution in [2.24, 2.45) is 0 Å². The van der Waals surface area contributed by atoms with Gasteiger partial charge in [0.1, 0.15) is 49.5 Å². The first-order valence-corrected chi connectivity index (χ1v) is 40.3. The zero-order chi connectivity index (χ0) is 90.9. The number of anilines is 4. The van der Waals surface area contributed by atoms with Gasteiger partial charge in [0.25, 0.3) is 11.8 Å². The Morgan fingerprint density at radius 1 is 0.464 bits per heavy atom. The number of nitrogens with zero attached hydrogens (tertiary/aromatic N) is 4. The SMILES string of the molecule is C=C1C[C@H]2[C@H](O)N3C(=O)OCc4ccc(cc4)NC(=O)C(C)NC(=O)C(C)NC(=O)CCOCCNC(=O)C(NC(=O)CCC(=O)O)C(NC(=O)CCC(=O)O)C(=O)NCCOCCC(=O)NC(C)C(=O)NC(C)C(=O)Nc4ccc(cc4)COC(=O)N4c5cc(c(OC)cc5C(=O)N5CC(=C)C[C@H]5[C@@H]4O)OCCCCCOc4cc3c(cc4OC)C(=O)N2C1. The number of nitrogens with one attached hydrogen (secondary N) is 10. The summed E-state index contributed by atoms with van der Waals surface area (Å²) in [5.74, 6) is -11.8. The fourth-order valence-corrected chi connectivity index (χ4v) is 13.8. The van der Waals surface area contributed by atoms with Gasteiger partial charge in [0.05, 0.1) is 101 Å². The number of carboxylic acid groups (broad SMARTS) is 2. The Morgan fingerprint density at radius 2 is 0.832 bits per heavy atom. The Hall–Kier alpha value is -13.5. The highest BCUT2D eigenvalue weighted by Gasteiger charge is 2.49. The predicted molar refractivity (Wildman–Crippen MR) is 440 cm³/mol. The Kier molecular flexibility index (Phi) is 34.4. The van der Waals surface area contributed by atoms with Gasteiger partial charge in [-0.05, 0) is 107 Å². The van der Waals surface area contributed by atoms with Gasteiger partial charge in [-0.3, -0.25) is 67.1 Å². The van der Waals surface area contributed by atoms with Gasteiger partial charge >= 0.3 is 24.1 Å². The highest BCUT2D eigenvalue weighted by atomic mass is 16.6. The molecule has 0 saturated carbocycles. The number of hydrogen-bond acceptors (Lipinski definition) is 26. The monoisotopic (exact) mass is 1740 g/mol. The standard InChI is InChI=1S/C83H104N14O28/c1-44-34-58-80(114)96-56-38-62(60(118-7)36-54(56)78(112)94(58)40-44)122-28-10-9-11-29-123-63-39-57-55(37-61(63)119-8)79(113)95-41-45(2)35-59(95)81(115)97(57)83(117)125-43-51-14-18-53(19-15-51)91-75(109)49(6)89-73(107)47(4)87-67(101)25-31-121-33-27-85-77(111)71(93-65(99)21-23-69(104)105)70(92-64(98)20-22-68(102)103)76(110)84-26-32-120-30-24-66(100)86-46(3)72(106)88-48(5)74(108)90-52-16-12-50(13-17-52)42-124-82(96)116/h12-19,36-39,46-49,58-59,70-71,80-81,114-115H,1-2,9-11,20-35,40-43H2,3-8H3,(H,84,110)(H,85,111)(H,86,100)(H,87,101)(H,88,106)(H,89,107)(H,90,108)(H,91,109)(H,92,98)(H,93,99)(H,102,103)(H,104,105)/t46?,47?,48?,49?,58-,59-,70?,71?,80-,81-/m0/s1. The minimum absolute atomic E-state index is 0.00948. The third-order valence-corrected chi connectivity index (χ3v) is 20.5. The number of aliphatic carboxylic acids is 2. The second-order valence-corrected chi connectivity index (χ2v) is 30.0. The van der Waals surface area contributed by atoms with E-state index in [1.54, 1.807) is 24.3 Å². The molecule has 4 aromatic carbocycles. The Balaban J connectivity index is 0.887. The van der Waals surface area contributed by atoms with Crippen LogP contribution < -0.4 is 81.9 Å². The molecule has 7 aliphatic rings. The molecule has 674 valence electrons. The van der Waals surface area contributed by atoms with Gasteiger partial charge < -0.3 is 121 Å². The van der Waals surface area contributed by atoms with Crippen LogP contribution in [0.1, 0.15) is 130 Å². The topological polar surface area (TPSA) is 561 Å². The number of rotatable bonds is 10. The van der Waals surface area contributed by atoms with E-state index in [1.165, 1.54) is 100 Å². The number of benzene rings is 4. The van der Waals surface area contributed by atoms with Crippen molar-refractivity contribution in [3.05, 3.63) is 119 Å². The first-order chi connectivity index (χ1) is 59.6. The molecule has 7 aliphatic heterocycles. The number of amides is 14. The second-order valence-electron chi connectivity index (χ2n) is 30.0. The average Bonchev–Trinajstić information content (AvgIpc) is 1.61. The summed E-state index contributed by atoms with van der Waals surface area (Å²) in [5, 5.41) is 67.3. The summed E-state index contributed by atoms with van der Waals surface area (Å²) in [6.45, 7) is 11.3. The van der Waals surface area contributed by atoms with Crippen LogP contribution in [-0.2, 0) is 89.7 Å². The summed E-state index contributed by atoms with van der Waals surface area (Å²) in [6.07, 6.45) is -7.17. The molecule has 42 nitrogen and oxygen atoms in total. The van der Waals surface area contributed by atoms with E-state index in [1.807, 2.05) is 0 Å². The predicted octanol–water partition coefficient (Wildman–Crippen LogP) is 1.48. The van der Waals surface area contributed by atoms with E-state index in [-0.39, 0.29) is 162 Å². The smallest absolute Gasteiger partial charge is 0.416 e. The molecular formula is C83H104N14O28. The van der Waals surface area contributed by atoms with Gasteiger partial charge in [-0.15, -0.1) is 0 Å². The van der Waals surface area contributed by atoms with Gasteiger partial charge in [-0.25, -0.2) is 19.4 Å². The number of carbonyl (C=O) groups excluding carboxylic acids is 14. The van der Waals surface area contributed by atoms with Crippen molar-refractivity contribution in [3.8, 4) is 23.0 Å². The maximum Gasteiger partial charge on any atom is 0.416 e. The number of carboxylic acids is 2. The molecule has 2 fully saturated rings. The molecule has 125 heavy (non-hydrogen) atoms.